The number of hydrogen-bond donors (Lipinski definition) is 1. The lowest BCUT2D eigenvalue weighted by Crippen LogP contribution is -1.85. The van der Waals surface area contributed by atoms with Crippen molar-refractivity contribution in [3.63, 3.8) is 0 Å². The van der Waals surface area contributed by atoms with Crippen molar-refractivity contribution in [1.82, 2.24) is 14.6 Å². The largest absolute Gasteiger partial charge is 0.506 e. The van der Waals surface area contributed by atoms with Crippen LogP contribution in [-0.4, -0.2) is 19.7 Å². The highest BCUT2D eigenvalue weighted by atomic mass is 16.3. The van der Waals surface area contributed by atoms with Crippen LogP contribution in [-0.2, 0) is 0 Å². The molecular formula is C6H5N3O. The summed E-state index contributed by atoms with van der Waals surface area (Å²) in [5.41, 5.74) is 0.840. The smallest absolute Gasteiger partial charge is 0.134 e. The Bertz CT molecular complexity index is 322. The zero-order valence-electron chi connectivity index (χ0n) is 5.10. The summed E-state index contributed by atoms with van der Waals surface area (Å²) in [7, 11) is 0. The maximum atomic E-state index is 8.98. The molecule has 2 aromatic rings. The average Bonchev–Trinajstić information content (AvgIpc) is 2.27. The van der Waals surface area contributed by atoms with Crippen molar-refractivity contribution in [2.24, 2.45) is 0 Å². The molecule has 0 bridgehead atoms. The van der Waals surface area contributed by atoms with E-state index in [1.807, 2.05) is 0 Å². The van der Waals surface area contributed by atoms with E-state index in [1.165, 1.54) is 6.33 Å². The van der Waals surface area contributed by atoms with Crippen LogP contribution in [0.2, 0.25) is 0 Å². The maximum absolute atomic E-state index is 8.98. The van der Waals surface area contributed by atoms with Gasteiger partial charge >= 0.3 is 0 Å². The molecular weight excluding hydrogens is 130 g/mol. The number of rotatable bonds is 0. The highest BCUT2D eigenvalue weighted by Gasteiger charge is 1.94. The molecule has 2 aromatic heterocycles. The molecule has 0 aliphatic heterocycles. The normalized spacial score (nSPS) is 10.4. The van der Waals surface area contributed by atoms with Crippen molar-refractivity contribution in [3.8, 4) is 5.75 Å². The second-order valence-electron chi connectivity index (χ2n) is 2.01. The molecule has 0 aliphatic carbocycles. The first-order valence-corrected chi connectivity index (χ1v) is 2.83. The Morgan fingerprint density at radius 1 is 1.40 bits per heavy atom. The van der Waals surface area contributed by atoms with Crippen LogP contribution in [0.1, 0.15) is 0 Å². The predicted molar refractivity (Wildman–Crippen MR) is 34.7 cm³/mol. The van der Waals surface area contributed by atoms with Gasteiger partial charge in [0.05, 0.1) is 17.9 Å². The van der Waals surface area contributed by atoms with E-state index in [1.54, 1.807) is 22.9 Å². The fourth-order valence-electron chi connectivity index (χ4n) is 0.862. The second kappa shape index (κ2) is 1.70. The molecule has 1 N–H and O–H groups in total. The standard InChI is InChI=1S/C6H5N3O/c10-6-1-5-2-7-8-4-9(5)3-6/h1-4,10H. The van der Waals surface area contributed by atoms with Gasteiger partial charge in [-0.2, -0.15) is 5.10 Å². The molecule has 50 valence electrons. The highest BCUT2D eigenvalue weighted by molar-refractivity contribution is 5.49. The molecule has 2 heterocycles. The molecule has 0 saturated heterocycles. The Balaban J connectivity index is 2.88. The van der Waals surface area contributed by atoms with Gasteiger partial charge in [-0.15, -0.1) is 5.10 Å². The third-order valence-electron chi connectivity index (χ3n) is 1.30. The summed E-state index contributed by atoms with van der Waals surface area (Å²) in [4.78, 5) is 0. The van der Waals surface area contributed by atoms with Crippen LogP contribution in [0, 0.1) is 0 Å². The molecule has 0 unspecified atom stereocenters. The number of fused-ring (bicyclic) bond motifs is 1. The molecule has 2 rings (SSSR count). The number of aromatic hydroxyl groups is 1. The lowest BCUT2D eigenvalue weighted by Gasteiger charge is -1.86. The van der Waals surface area contributed by atoms with Gasteiger partial charge in [-0.3, -0.25) is 0 Å². The predicted octanol–water partition coefficient (Wildman–Crippen LogP) is 0.435. The zero-order chi connectivity index (χ0) is 6.97. The summed E-state index contributed by atoms with van der Waals surface area (Å²) in [5.74, 6) is 0.231. The van der Waals surface area contributed by atoms with E-state index in [2.05, 4.69) is 10.2 Å². The summed E-state index contributed by atoms with van der Waals surface area (Å²) in [5, 5.41) is 16.3. The van der Waals surface area contributed by atoms with Crippen LogP contribution in [0.25, 0.3) is 5.52 Å². The van der Waals surface area contributed by atoms with Gasteiger partial charge in [0.1, 0.15) is 12.1 Å². The number of hydrogen-bond acceptors (Lipinski definition) is 3. The summed E-state index contributed by atoms with van der Waals surface area (Å²) < 4.78 is 1.70. The molecule has 0 aliphatic rings. The van der Waals surface area contributed by atoms with Crippen molar-refractivity contribution in [1.29, 1.82) is 0 Å². The van der Waals surface area contributed by atoms with Crippen molar-refractivity contribution in [3.05, 3.63) is 24.8 Å². The Kier molecular flexibility index (Phi) is 0.887. The first-order chi connectivity index (χ1) is 4.86. The van der Waals surface area contributed by atoms with E-state index in [0.29, 0.717) is 0 Å². The van der Waals surface area contributed by atoms with Gasteiger partial charge in [-0.1, -0.05) is 0 Å². The minimum absolute atomic E-state index is 0.231. The molecule has 4 nitrogen and oxygen atoms in total. The monoisotopic (exact) mass is 135 g/mol. The third kappa shape index (κ3) is 0.621. The van der Waals surface area contributed by atoms with E-state index in [9.17, 15) is 0 Å². The van der Waals surface area contributed by atoms with Crippen LogP contribution >= 0.6 is 0 Å². The molecule has 0 spiro atoms. The van der Waals surface area contributed by atoms with Crippen LogP contribution in [0.3, 0.4) is 0 Å². The van der Waals surface area contributed by atoms with E-state index in [4.69, 9.17) is 5.11 Å². The van der Waals surface area contributed by atoms with Crippen LogP contribution < -0.4 is 0 Å². The van der Waals surface area contributed by atoms with E-state index in [-0.39, 0.29) is 5.75 Å². The minimum atomic E-state index is 0.231. The molecule has 0 amide bonds. The van der Waals surface area contributed by atoms with Crippen LogP contribution in [0.15, 0.2) is 24.8 Å². The van der Waals surface area contributed by atoms with Crippen molar-refractivity contribution >= 4 is 5.52 Å². The zero-order valence-corrected chi connectivity index (χ0v) is 5.10. The van der Waals surface area contributed by atoms with Crippen LogP contribution in [0.5, 0.6) is 5.75 Å². The Morgan fingerprint density at radius 2 is 2.30 bits per heavy atom. The van der Waals surface area contributed by atoms with Gasteiger partial charge in [0.15, 0.2) is 0 Å². The third-order valence-corrected chi connectivity index (χ3v) is 1.30. The molecule has 0 atom stereocenters. The molecule has 0 saturated carbocycles. The molecule has 4 heteroatoms. The van der Waals surface area contributed by atoms with Gasteiger partial charge in [0, 0.05) is 6.07 Å². The van der Waals surface area contributed by atoms with Crippen LogP contribution in [0.4, 0.5) is 0 Å². The Hall–Kier alpha value is -1.58. The van der Waals surface area contributed by atoms with Crippen molar-refractivity contribution in [2.45, 2.75) is 0 Å². The topological polar surface area (TPSA) is 50.4 Å². The van der Waals surface area contributed by atoms with Gasteiger partial charge in [0.2, 0.25) is 0 Å². The Morgan fingerprint density at radius 3 is 3.10 bits per heavy atom. The maximum Gasteiger partial charge on any atom is 0.134 e. The van der Waals surface area contributed by atoms with Gasteiger partial charge < -0.3 is 9.51 Å². The fourth-order valence-corrected chi connectivity index (χ4v) is 0.862. The molecule has 0 fully saturated rings. The average molecular weight is 135 g/mol. The number of nitrogens with zero attached hydrogens (tertiary/aromatic N) is 3. The summed E-state index contributed by atoms with van der Waals surface area (Å²) in [6, 6.07) is 1.62. The van der Waals surface area contributed by atoms with Gasteiger partial charge in [0.25, 0.3) is 0 Å². The van der Waals surface area contributed by atoms with E-state index in [0.717, 1.165) is 5.52 Å². The van der Waals surface area contributed by atoms with Crippen molar-refractivity contribution in [2.75, 3.05) is 0 Å². The minimum Gasteiger partial charge on any atom is -0.506 e. The first kappa shape index (κ1) is 5.22. The quantitative estimate of drug-likeness (QED) is 0.570. The summed E-state index contributed by atoms with van der Waals surface area (Å²) >= 11 is 0. The molecule has 0 aromatic carbocycles. The summed E-state index contributed by atoms with van der Waals surface area (Å²) in [6.45, 7) is 0. The fraction of sp³-hybridized carbons (Fsp3) is 0. The van der Waals surface area contributed by atoms with E-state index < -0.39 is 0 Å². The second-order valence-corrected chi connectivity index (χ2v) is 2.01. The SMILES string of the molecule is Oc1cc2cnncn2c1. The van der Waals surface area contributed by atoms with Crippen molar-refractivity contribution < 1.29 is 5.11 Å². The highest BCUT2D eigenvalue weighted by Crippen LogP contribution is 2.12. The first-order valence-electron chi connectivity index (χ1n) is 2.83. The van der Waals surface area contributed by atoms with Gasteiger partial charge in [-0.25, -0.2) is 0 Å². The Labute approximate surface area is 56.8 Å². The summed E-state index contributed by atoms with van der Waals surface area (Å²) in [6.07, 6.45) is 4.69. The lowest BCUT2D eigenvalue weighted by molar-refractivity contribution is 0.475. The lowest BCUT2D eigenvalue weighted by atomic mass is 10.5. The number of aromatic nitrogens is 3. The van der Waals surface area contributed by atoms with Gasteiger partial charge in [-0.05, 0) is 0 Å². The molecule has 10 heavy (non-hydrogen) atoms. The van der Waals surface area contributed by atoms with E-state index >= 15 is 0 Å². The molecule has 0 radical (unpaired) electrons.